The Kier molecular flexibility index (Phi) is 1.43. The molecule has 2 rings (SSSR count). The minimum absolute atomic E-state index is 0.0749. The fourth-order valence-corrected chi connectivity index (χ4v) is 1.27. The van der Waals surface area contributed by atoms with Crippen LogP contribution in [0.3, 0.4) is 0 Å². The summed E-state index contributed by atoms with van der Waals surface area (Å²) >= 11 is 0. The number of nitrogens with one attached hydrogen (secondary N) is 2. The van der Waals surface area contributed by atoms with E-state index in [9.17, 15) is 9.59 Å². The molecular formula is C8H10N2O2. The fraction of sp³-hybridized carbons (Fsp3) is 0.500. The van der Waals surface area contributed by atoms with Crippen molar-refractivity contribution in [1.29, 1.82) is 0 Å². The van der Waals surface area contributed by atoms with Gasteiger partial charge in [0.15, 0.2) is 5.78 Å². The average Bonchev–Trinajstić information content (AvgIpc) is 2.77. The largest absolute Gasteiger partial charge is 0.323 e. The van der Waals surface area contributed by atoms with Crippen LogP contribution >= 0.6 is 0 Å². The predicted molar refractivity (Wildman–Crippen MR) is 43.2 cm³/mol. The third kappa shape index (κ3) is 1.09. The lowest BCUT2D eigenvalue weighted by atomic mass is 10.2. The lowest BCUT2D eigenvalue weighted by Gasteiger charge is -1.93. The molecule has 0 aliphatic heterocycles. The van der Waals surface area contributed by atoms with Gasteiger partial charge in [0.1, 0.15) is 5.69 Å². The molecule has 1 saturated carbocycles. The van der Waals surface area contributed by atoms with Crippen LogP contribution < -0.4 is 5.69 Å². The van der Waals surface area contributed by atoms with Gasteiger partial charge < -0.3 is 9.97 Å². The number of hydrogen-bond donors (Lipinski definition) is 2. The molecule has 0 saturated heterocycles. The molecule has 0 radical (unpaired) electrons. The van der Waals surface area contributed by atoms with Gasteiger partial charge in [0.2, 0.25) is 0 Å². The molecule has 0 amide bonds. The number of H-pyrrole nitrogens is 2. The highest BCUT2D eigenvalue weighted by atomic mass is 16.1. The van der Waals surface area contributed by atoms with Crippen molar-refractivity contribution in [3.05, 3.63) is 21.9 Å². The molecular weight excluding hydrogens is 156 g/mol. The number of rotatable bonds is 2. The highest BCUT2D eigenvalue weighted by molar-refractivity contribution is 5.98. The molecule has 1 aromatic rings. The summed E-state index contributed by atoms with van der Waals surface area (Å²) in [5.74, 6) is 0.237. The average molecular weight is 166 g/mol. The van der Waals surface area contributed by atoms with Gasteiger partial charge in [0.05, 0.1) is 0 Å². The van der Waals surface area contributed by atoms with Crippen molar-refractivity contribution >= 4 is 5.78 Å². The standard InChI is InChI=1S/C8H10N2O2/c1-4-6(10-8(12)9-4)7(11)5-2-3-5/h5H,2-3H2,1H3,(H2,9,10,12). The van der Waals surface area contributed by atoms with Crippen molar-refractivity contribution in [3.8, 4) is 0 Å². The molecule has 0 atom stereocenters. The molecule has 0 aromatic carbocycles. The van der Waals surface area contributed by atoms with E-state index in [1.807, 2.05) is 0 Å². The van der Waals surface area contributed by atoms with Crippen molar-refractivity contribution in [2.75, 3.05) is 0 Å². The highest BCUT2D eigenvalue weighted by Crippen LogP contribution is 2.32. The number of aromatic nitrogens is 2. The number of carbonyl (C=O) groups is 1. The van der Waals surface area contributed by atoms with Gasteiger partial charge in [-0.2, -0.15) is 0 Å². The van der Waals surface area contributed by atoms with E-state index in [2.05, 4.69) is 9.97 Å². The molecule has 4 heteroatoms. The monoisotopic (exact) mass is 166 g/mol. The zero-order valence-corrected chi connectivity index (χ0v) is 6.81. The van der Waals surface area contributed by atoms with E-state index in [-0.39, 0.29) is 17.4 Å². The summed E-state index contributed by atoms with van der Waals surface area (Å²) in [6, 6.07) is 0. The van der Waals surface area contributed by atoms with Crippen LogP contribution in [0.5, 0.6) is 0 Å². The molecule has 1 aromatic heterocycles. The van der Waals surface area contributed by atoms with Crippen molar-refractivity contribution in [1.82, 2.24) is 9.97 Å². The van der Waals surface area contributed by atoms with Crippen LogP contribution in [0.15, 0.2) is 4.79 Å². The number of Topliss-reactive ketones (excluding diaryl/α,β-unsaturated/α-hetero) is 1. The number of imidazole rings is 1. The Hall–Kier alpha value is -1.32. The normalized spacial score (nSPS) is 16.4. The summed E-state index contributed by atoms with van der Waals surface area (Å²) in [7, 11) is 0. The van der Waals surface area contributed by atoms with Gasteiger partial charge in [-0.15, -0.1) is 0 Å². The second-order valence-electron chi connectivity index (χ2n) is 3.22. The molecule has 12 heavy (non-hydrogen) atoms. The summed E-state index contributed by atoms with van der Waals surface area (Å²) < 4.78 is 0. The van der Waals surface area contributed by atoms with Crippen LogP contribution in [-0.2, 0) is 0 Å². The van der Waals surface area contributed by atoms with Gasteiger partial charge >= 0.3 is 5.69 Å². The van der Waals surface area contributed by atoms with Crippen LogP contribution in [0.2, 0.25) is 0 Å². The van der Waals surface area contributed by atoms with E-state index < -0.39 is 0 Å². The highest BCUT2D eigenvalue weighted by Gasteiger charge is 2.32. The molecule has 0 unspecified atom stereocenters. The zero-order chi connectivity index (χ0) is 8.72. The molecule has 0 bridgehead atoms. The van der Waals surface area contributed by atoms with Gasteiger partial charge in [-0.3, -0.25) is 4.79 Å². The molecule has 4 nitrogen and oxygen atoms in total. The van der Waals surface area contributed by atoms with Gasteiger partial charge in [-0.05, 0) is 19.8 Å². The minimum atomic E-state index is -0.295. The smallest absolute Gasteiger partial charge is 0.310 e. The van der Waals surface area contributed by atoms with Crippen molar-refractivity contribution in [2.24, 2.45) is 5.92 Å². The number of aromatic amines is 2. The molecule has 64 valence electrons. The predicted octanol–water partition coefficient (Wildman–Crippen LogP) is 0.604. The SMILES string of the molecule is Cc1[nH]c(=O)[nH]c1C(=O)C1CC1. The quantitative estimate of drug-likeness (QED) is 0.632. The van der Waals surface area contributed by atoms with E-state index in [0.29, 0.717) is 11.4 Å². The van der Waals surface area contributed by atoms with E-state index in [4.69, 9.17) is 0 Å². The number of carbonyl (C=O) groups excluding carboxylic acids is 1. The topological polar surface area (TPSA) is 65.7 Å². The van der Waals surface area contributed by atoms with Crippen LogP contribution in [0.4, 0.5) is 0 Å². The van der Waals surface area contributed by atoms with E-state index in [0.717, 1.165) is 12.8 Å². The maximum absolute atomic E-state index is 11.5. The minimum Gasteiger partial charge on any atom is -0.310 e. The Morgan fingerprint density at radius 2 is 2.08 bits per heavy atom. The fourth-order valence-electron chi connectivity index (χ4n) is 1.27. The zero-order valence-electron chi connectivity index (χ0n) is 6.81. The van der Waals surface area contributed by atoms with Crippen molar-refractivity contribution in [2.45, 2.75) is 19.8 Å². The Morgan fingerprint density at radius 1 is 1.42 bits per heavy atom. The van der Waals surface area contributed by atoms with E-state index in [1.165, 1.54) is 0 Å². The molecule has 2 N–H and O–H groups in total. The first kappa shape index (κ1) is 7.34. The van der Waals surface area contributed by atoms with Crippen molar-refractivity contribution in [3.63, 3.8) is 0 Å². The summed E-state index contributed by atoms with van der Waals surface area (Å²) in [6.45, 7) is 1.73. The summed E-state index contributed by atoms with van der Waals surface area (Å²) in [5.41, 5.74) is 0.816. The maximum Gasteiger partial charge on any atom is 0.323 e. The summed E-state index contributed by atoms with van der Waals surface area (Å²) in [6.07, 6.45) is 1.93. The molecule has 1 aliphatic rings. The lowest BCUT2D eigenvalue weighted by molar-refractivity contribution is 0.0962. The van der Waals surface area contributed by atoms with Gasteiger partial charge in [0, 0.05) is 11.6 Å². The number of hydrogen-bond acceptors (Lipinski definition) is 2. The Morgan fingerprint density at radius 3 is 2.50 bits per heavy atom. The van der Waals surface area contributed by atoms with E-state index in [1.54, 1.807) is 6.92 Å². The van der Waals surface area contributed by atoms with Crippen molar-refractivity contribution < 1.29 is 4.79 Å². The first-order chi connectivity index (χ1) is 5.68. The Balaban J connectivity index is 2.37. The first-order valence-electron chi connectivity index (χ1n) is 4.01. The van der Waals surface area contributed by atoms with Crippen LogP contribution in [0.25, 0.3) is 0 Å². The lowest BCUT2D eigenvalue weighted by Crippen LogP contribution is -2.06. The third-order valence-electron chi connectivity index (χ3n) is 2.11. The number of aryl methyl sites for hydroxylation is 1. The maximum atomic E-state index is 11.5. The summed E-state index contributed by atoms with van der Waals surface area (Å²) in [5, 5.41) is 0. The van der Waals surface area contributed by atoms with Crippen LogP contribution in [0.1, 0.15) is 29.0 Å². The second-order valence-corrected chi connectivity index (χ2v) is 3.22. The second kappa shape index (κ2) is 2.33. The molecule has 1 heterocycles. The molecule has 0 spiro atoms. The molecule has 1 fully saturated rings. The van der Waals surface area contributed by atoms with Crippen LogP contribution in [-0.4, -0.2) is 15.8 Å². The van der Waals surface area contributed by atoms with E-state index >= 15 is 0 Å². The van der Waals surface area contributed by atoms with Gasteiger partial charge in [-0.1, -0.05) is 0 Å². The number of ketones is 1. The first-order valence-corrected chi connectivity index (χ1v) is 4.01. The van der Waals surface area contributed by atoms with Gasteiger partial charge in [-0.25, -0.2) is 4.79 Å². The summed E-state index contributed by atoms with van der Waals surface area (Å²) in [4.78, 5) is 27.3. The Labute approximate surface area is 69.0 Å². The Bertz CT molecular complexity index is 371. The molecule has 1 aliphatic carbocycles. The van der Waals surface area contributed by atoms with Gasteiger partial charge in [0.25, 0.3) is 0 Å². The van der Waals surface area contributed by atoms with Crippen LogP contribution in [0, 0.1) is 12.8 Å². The third-order valence-corrected chi connectivity index (χ3v) is 2.11.